The van der Waals surface area contributed by atoms with Crippen molar-refractivity contribution in [1.82, 2.24) is 29.9 Å². The van der Waals surface area contributed by atoms with Gasteiger partial charge in [-0.25, -0.2) is 9.67 Å². The van der Waals surface area contributed by atoms with Gasteiger partial charge < -0.3 is 14.6 Å². The van der Waals surface area contributed by atoms with Gasteiger partial charge in [-0.1, -0.05) is 35.5 Å². The van der Waals surface area contributed by atoms with Crippen LogP contribution in [0.25, 0.3) is 11.2 Å². The summed E-state index contributed by atoms with van der Waals surface area (Å²) >= 11 is 0. The summed E-state index contributed by atoms with van der Waals surface area (Å²) in [5, 5.41) is 8.17. The lowest BCUT2D eigenvalue weighted by atomic mass is 9.95. The van der Waals surface area contributed by atoms with Gasteiger partial charge in [0.25, 0.3) is 11.5 Å². The van der Waals surface area contributed by atoms with E-state index in [2.05, 4.69) is 15.3 Å². The third-order valence-electron chi connectivity index (χ3n) is 6.07. The molecule has 5 rings (SSSR count). The average Bonchev–Trinajstić information content (AvgIpc) is 3.27. The predicted molar refractivity (Wildman–Crippen MR) is 122 cm³/mol. The number of H-pyrrole nitrogens is 1. The van der Waals surface area contributed by atoms with Gasteiger partial charge in [-0.3, -0.25) is 9.59 Å². The second-order valence-electron chi connectivity index (χ2n) is 8.15. The van der Waals surface area contributed by atoms with Crippen molar-refractivity contribution in [2.24, 2.45) is 0 Å². The fourth-order valence-electron chi connectivity index (χ4n) is 4.21. The Bertz CT molecular complexity index is 1320. The van der Waals surface area contributed by atoms with E-state index in [0.717, 1.165) is 24.2 Å². The van der Waals surface area contributed by atoms with Crippen molar-refractivity contribution in [3.05, 3.63) is 81.9 Å². The van der Waals surface area contributed by atoms with E-state index in [0.29, 0.717) is 36.7 Å². The molecule has 1 saturated heterocycles. The summed E-state index contributed by atoms with van der Waals surface area (Å²) in [4.78, 5) is 34.9. The van der Waals surface area contributed by atoms with E-state index in [1.165, 1.54) is 0 Å². The van der Waals surface area contributed by atoms with Gasteiger partial charge in [0.2, 0.25) is 0 Å². The van der Waals surface area contributed by atoms with Gasteiger partial charge in [0.1, 0.15) is 11.6 Å². The number of hydrogen-bond donors (Lipinski definition) is 1. The SMILES string of the molecule is COc1ccc(C(=O)N2CCC(c3nc4c(nnn4Cc4ccccc4)c(=O)[nH]3)CC2)cc1. The molecule has 1 amide bonds. The first-order chi connectivity index (χ1) is 16.1. The smallest absolute Gasteiger partial charge is 0.281 e. The normalized spacial score (nSPS) is 14.5. The summed E-state index contributed by atoms with van der Waals surface area (Å²) in [5.41, 5.74) is 2.12. The monoisotopic (exact) mass is 444 g/mol. The molecule has 1 N–H and O–H groups in total. The molecule has 0 spiro atoms. The third kappa shape index (κ3) is 4.21. The maximum absolute atomic E-state index is 12.8. The first-order valence-electron chi connectivity index (χ1n) is 10.9. The van der Waals surface area contributed by atoms with Crippen LogP contribution in [-0.2, 0) is 6.54 Å². The van der Waals surface area contributed by atoms with Crippen LogP contribution in [-0.4, -0.2) is 56.0 Å². The zero-order valence-electron chi connectivity index (χ0n) is 18.3. The lowest BCUT2D eigenvalue weighted by Crippen LogP contribution is -2.38. The van der Waals surface area contributed by atoms with Crippen molar-refractivity contribution in [3.63, 3.8) is 0 Å². The summed E-state index contributed by atoms with van der Waals surface area (Å²) < 4.78 is 6.82. The number of aromatic amines is 1. The molecule has 1 aliphatic rings. The van der Waals surface area contributed by atoms with Crippen molar-refractivity contribution in [3.8, 4) is 5.75 Å². The molecular weight excluding hydrogens is 420 g/mol. The van der Waals surface area contributed by atoms with E-state index in [1.807, 2.05) is 35.2 Å². The van der Waals surface area contributed by atoms with Gasteiger partial charge >= 0.3 is 0 Å². The largest absolute Gasteiger partial charge is 0.497 e. The van der Waals surface area contributed by atoms with Crippen LogP contribution in [0.4, 0.5) is 0 Å². The van der Waals surface area contributed by atoms with E-state index < -0.39 is 0 Å². The Kier molecular flexibility index (Phi) is 5.60. The van der Waals surface area contributed by atoms with Crippen molar-refractivity contribution in [2.45, 2.75) is 25.3 Å². The second kappa shape index (κ2) is 8.85. The standard InChI is InChI=1S/C24H24N6O3/c1-33-19-9-7-18(8-10-19)24(32)29-13-11-17(12-14-29)21-25-22-20(23(31)26-21)27-28-30(22)15-16-5-3-2-4-6-16/h2-10,17H,11-15H2,1H3,(H,25,26,31). The lowest BCUT2D eigenvalue weighted by Gasteiger charge is -2.31. The number of amides is 1. The Balaban J connectivity index is 1.32. The number of benzene rings is 2. The van der Waals surface area contributed by atoms with Crippen molar-refractivity contribution >= 4 is 17.1 Å². The summed E-state index contributed by atoms with van der Waals surface area (Å²) in [6.45, 7) is 1.68. The van der Waals surface area contributed by atoms with Crippen LogP contribution in [0.1, 0.15) is 40.5 Å². The van der Waals surface area contributed by atoms with Gasteiger partial charge in [0.15, 0.2) is 11.2 Å². The molecule has 9 heteroatoms. The number of carbonyl (C=O) groups is 1. The molecule has 168 valence electrons. The maximum atomic E-state index is 12.8. The average molecular weight is 444 g/mol. The van der Waals surface area contributed by atoms with Crippen LogP contribution in [0, 0.1) is 0 Å². The fraction of sp³-hybridized carbons (Fsp3) is 0.292. The van der Waals surface area contributed by atoms with Crippen molar-refractivity contribution < 1.29 is 9.53 Å². The summed E-state index contributed by atoms with van der Waals surface area (Å²) in [6, 6.07) is 17.0. The molecule has 0 atom stereocenters. The highest BCUT2D eigenvalue weighted by Crippen LogP contribution is 2.27. The van der Waals surface area contributed by atoms with Crippen LogP contribution in [0.2, 0.25) is 0 Å². The third-order valence-corrected chi connectivity index (χ3v) is 6.07. The van der Waals surface area contributed by atoms with Gasteiger partial charge in [-0.05, 0) is 42.7 Å². The van der Waals surface area contributed by atoms with Gasteiger partial charge in [-0.15, -0.1) is 5.10 Å². The minimum atomic E-state index is -0.286. The minimum Gasteiger partial charge on any atom is -0.497 e. The molecule has 0 unspecified atom stereocenters. The number of fused-ring (bicyclic) bond motifs is 1. The van der Waals surface area contributed by atoms with Crippen LogP contribution in [0.15, 0.2) is 59.4 Å². The molecule has 2 aromatic carbocycles. The second-order valence-corrected chi connectivity index (χ2v) is 8.15. The number of carbonyl (C=O) groups excluding carboxylic acids is 1. The minimum absolute atomic E-state index is 0.00172. The van der Waals surface area contributed by atoms with Gasteiger partial charge in [-0.2, -0.15) is 0 Å². The number of aromatic nitrogens is 5. The summed E-state index contributed by atoms with van der Waals surface area (Å²) in [6.07, 6.45) is 1.44. The number of nitrogens with zero attached hydrogens (tertiary/aromatic N) is 5. The van der Waals surface area contributed by atoms with Crippen LogP contribution in [0.3, 0.4) is 0 Å². The molecule has 1 aliphatic heterocycles. The number of ether oxygens (including phenoxy) is 1. The molecular formula is C24H24N6O3. The molecule has 9 nitrogen and oxygen atoms in total. The fourth-order valence-corrected chi connectivity index (χ4v) is 4.21. The predicted octanol–water partition coefficient (Wildman–Crippen LogP) is 2.59. The van der Waals surface area contributed by atoms with E-state index in [1.54, 1.807) is 36.1 Å². The zero-order valence-corrected chi connectivity index (χ0v) is 18.3. The van der Waals surface area contributed by atoms with Crippen molar-refractivity contribution in [1.29, 1.82) is 0 Å². The number of likely N-dealkylation sites (tertiary alicyclic amines) is 1. The first kappa shape index (κ1) is 20.9. The number of methoxy groups -OCH3 is 1. The first-order valence-corrected chi connectivity index (χ1v) is 10.9. The molecule has 0 saturated carbocycles. The van der Waals surface area contributed by atoms with Gasteiger partial charge in [0.05, 0.1) is 13.7 Å². The Labute approximate surface area is 190 Å². The van der Waals surface area contributed by atoms with Crippen LogP contribution in [0.5, 0.6) is 5.75 Å². The zero-order chi connectivity index (χ0) is 22.8. The molecule has 0 aliphatic carbocycles. The van der Waals surface area contributed by atoms with Crippen molar-refractivity contribution in [2.75, 3.05) is 20.2 Å². The quantitative estimate of drug-likeness (QED) is 0.507. The van der Waals surface area contributed by atoms with E-state index >= 15 is 0 Å². The Morgan fingerprint density at radius 3 is 2.52 bits per heavy atom. The number of piperidine rings is 1. The number of hydrogen-bond acceptors (Lipinski definition) is 6. The lowest BCUT2D eigenvalue weighted by molar-refractivity contribution is 0.0711. The molecule has 33 heavy (non-hydrogen) atoms. The number of rotatable bonds is 5. The molecule has 0 bridgehead atoms. The molecule has 0 radical (unpaired) electrons. The topological polar surface area (TPSA) is 106 Å². The van der Waals surface area contributed by atoms with E-state index in [4.69, 9.17) is 9.72 Å². The number of nitrogens with one attached hydrogen (secondary N) is 1. The van der Waals surface area contributed by atoms with Gasteiger partial charge in [0, 0.05) is 24.6 Å². The van der Waals surface area contributed by atoms with E-state index in [9.17, 15) is 9.59 Å². The Hall–Kier alpha value is -4.01. The Morgan fingerprint density at radius 2 is 1.82 bits per heavy atom. The molecule has 3 heterocycles. The molecule has 4 aromatic rings. The highest BCUT2D eigenvalue weighted by molar-refractivity contribution is 5.94. The van der Waals surface area contributed by atoms with Crippen LogP contribution >= 0.6 is 0 Å². The maximum Gasteiger partial charge on any atom is 0.281 e. The van der Waals surface area contributed by atoms with Crippen LogP contribution < -0.4 is 10.3 Å². The Morgan fingerprint density at radius 1 is 1.09 bits per heavy atom. The molecule has 1 fully saturated rings. The molecule has 2 aromatic heterocycles. The highest BCUT2D eigenvalue weighted by atomic mass is 16.5. The highest BCUT2D eigenvalue weighted by Gasteiger charge is 2.27. The summed E-state index contributed by atoms with van der Waals surface area (Å²) in [5.74, 6) is 1.40. The van der Waals surface area contributed by atoms with E-state index in [-0.39, 0.29) is 22.9 Å². The summed E-state index contributed by atoms with van der Waals surface area (Å²) in [7, 11) is 1.60.